The normalized spacial score (nSPS) is 18.0. The van der Waals surface area contributed by atoms with E-state index in [0.717, 1.165) is 12.8 Å². The van der Waals surface area contributed by atoms with Crippen LogP contribution in [-0.4, -0.2) is 13.2 Å². The van der Waals surface area contributed by atoms with Gasteiger partial charge in [0.25, 0.3) is 0 Å². The smallest absolute Gasteiger partial charge is 0.409 e. The minimum Gasteiger partial charge on any atom is -0.409 e. The van der Waals surface area contributed by atoms with Gasteiger partial charge in [-0.3, -0.25) is 9.05 Å². The fourth-order valence-electron chi connectivity index (χ4n) is 2.05. The van der Waals surface area contributed by atoms with E-state index < -0.39 is 7.82 Å². The molecule has 1 aliphatic carbocycles. The van der Waals surface area contributed by atoms with Gasteiger partial charge in [0.05, 0.1) is 13.2 Å². The van der Waals surface area contributed by atoms with Gasteiger partial charge in [-0.2, -0.15) is 0 Å². The van der Waals surface area contributed by atoms with Gasteiger partial charge in [-0.1, -0.05) is 25.8 Å². The molecule has 0 aromatic rings. The third-order valence-corrected chi connectivity index (χ3v) is 4.47. The Hall–Kier alpha value is -0.310. The molecule has 0 saturated heterocycles. The molecule has 0 unspecified atom stereocenters. The summed E-state index contributed by atoms with van der Waals surface area (Å²) in [5.74, 6) is 0.841. The van der Waals surface area contributed by atoms with Crippen molar-refractivity contribution < 1.29 is 18.1 Å². The highest BCUT2D eigenvalue weighted by Crippen LogP contribution is 2.52. The Morgan fingerprint density at radius 1 is 1.18 bits per heavy atom. The highest BCUT2D eigenvalue weighted by atomic mass is 31.2. The zero-order valence-corrected chi connectivity index (χ0v) is 11.7. The summed E-state index contributed by atoms with van der Waals surface area (Å²) in [4.78, 5) is 0. The number of phosphoric acid groups is 1. The van der Waals surface area contributed by atoms with Gasteiger partial charge >= 0.3 is 7.82 Å². The first kappa shape index (κ1) is 14.7. The van der Waals surface area contributed by atoms with Crippen LogP contribution in [0.4, 0.5) is 0 Å². The predicted octanol–water partition coefficient (Wildman–Crippen LogP) is 4.28. The molecular weight excluding hydrogens is 239 g/mol. The van der Waals surface area contributed by atoms with Crippen LogP contribution in [0.2, 0.25) is 0 Å². The molecule has 0 spiro atoms. The molecule has 0 heterocycles. The Labute approximate surface area is 104 Å². The molecule has 0 atom stereocenters. The maximum absolute atomic E-state index is 12.1. The highest BCUT2D eigenvalue weighted by Gasteiger charge is 2.30. The first-order valence-corrected chi connectivity index (χ1v) is 7.85. The molecule has 17 heavy (non-hydrogen) atoms. The maximum Gasteiger partial charge on any atom is 0.529 e. The van der Waals surface area contributed by atoms with Gasteiger partial charge in [-0.15, -0.1) is 0 Å². The summed E-state index contributed by atoms with van der Waals surface area (Å²) in [6.45, 7) is 8.00. The third-order valence-electron chi connectivity index (χ3n) is 2.86. The summed E-state index contributed by atoms with van der Waals surface area (Å²) < 4.78 is 27.7. The van der Waals surface area contributed by atoms with Crippen molar-refractivity contribution in [1.82, 2.24) is 0 Å². The largest absolute Gasteiger partial charge is 0.529 e. The summed E-state index contributed by atoms with van der Waals surface area (Å²) in [5, 5.41) is 0. The van der Waals surface area contributed by atoms with Crippen molar-refractivity contribution in [3.63, 3.8) is 0 Å². The van der Waals surface area contributed by atoms with E-state index in [1.54, 1.807) is 13.8 Å². The zero-order chi connectivity index (χ0) is 12.7. The first-order valence-electron chi connectivity index (χ1n) is 6.38. The molecule has 5 heteroatoms. The van der Waals surface area contributed by atoms with E-state index in [-0.39, 0.29) is 5.92 Å². The van der Waals surface area contributed by atoms with E-state index in [1.807, 2.05) is 0 Å². The van der Waals surface area contributed by atoms with E-state index >= 15 is 0 Å². The summed E-state index contributed by atoms with van der Waals surface area (Å²) in [6, 6.07) is 0. The van der Waals surface area contributed by atoms with Gasteiger partial charge in [0, 0.05) is 5.92 Å². The zero-order valence-electron chi connectivity index (χ0n) is 10.8. The summed E-state index contributed by atoms with van der Waals surface area (Å²) in [6.07, 6.45) is 5.73. The quantitative estimate of drug-likeness (QED) is 0.507. The fraction of sp³-hybridized carbons (Fsp3) is 0.833. The van der Waals surface area contributed by atoms with Gasteiger partial charge in [-0.05, 0) is 26.7 Å². The maximum atomic E-state index is 12.1. The van der Waals surface area contributed by atoms with E-state index in [9.17, 15) is 4.57 Å². The molecule has 100 valence electrons. The number of phosphoric ester groups is 1. The van der Waals surface area contributed by atoms with E-state index in [2.05, 4.69) is 6.58 Å². The van der Waals surface area contributed by atoms with Crippen molar-refractivity contribution in [3.05, 3.63) is 12.3 Å². The van der Waals surface area contributed by atoms with Crippen LogP contribution in [0.5, 0.6) is 0 Å². The number of hydrogen-bond acceptors (Lipinski definition) is 4. The van der Waals surface area contributed by atoms with E-state index in [1.165, 1.54) is 19.3 Å². The molecular formula is C12H23O4P. The van der Waals surface area contributed by atoms with Crippen LogP contribution >= 0.6 is 7.82 Å². The van der Waals surface area contributed by atoms with Crippen LogP contribution in [-0.2, 0) is 18.1 Å². The van der Waals surface area contributed by atoms with Gasteiger partial charge in [0.1, 0.15) is 5.76 Å². The standard InChI is InChI=1S/C12H23O4P/c1-4-14-17(13,15-5-2)16-11(3)12-9-7-6-8-10-12/h12H,3-10H2,1-2H3. The lowest BCUT2D eigenvalue weighted by Gasteiger charge is -2.26. The fourth-order valence-corrected chi connectivity index (χ4v) is 3.30. The van der Waals surface area contributed by atoms with Gasteiger partial charge in [0.2, 0.25) is 0 Å². The molecule has 0 aromatic carbocycles. The van der Waals surface area contributed by atoms with Crippen molar-refractivity contribution in [2.75, 3.05) is 13.2 Å². The van der Waals surface area contributed by atoms with E-state index in [4.69, 9.17) is 13.6 Å². The Morgan fingerprint density at radius 2 is 1.71 bits per heavy atom. The minimum absolute atomic E-state index is 0.290. The van der Waals surface area contributed by atoms with Gasteiger partial charge < -0.3 is 4.52 Å². The minimum atomic E-state index is -3.44. The van der Waals surface area contributed by atoms with Crippen LogP contribution in [0.15, 0.2) is 12.3 Å². The van der Waals surface area contributed by atoms with Crippen molar-refractivity contribution in [2.45, 2.75) is 46.0 Å². The molecule has 0 amide bonds. The summed E-state index contributed by atoms with van der Waals surface area (Å²) in [7, 11) is -3.44. The molecule has 0 aromatic heterocycles. The van der Waals surface area contributed by atoms with Crippen LogP contribution in [0, 0.1) is 5.92 Å². The molecule has 1 rings (SSSR count). The average molecular weight is 262 g/mol. The molecule has 0 N–H and O–H groups in total. The van der Waals surface area contributed by atoms with Crippen molar-refractivity contribution >= 4 is 7.82 Å². The SMILES string of the molecule is C=C(OP(=O)(OCC)OCC)C1CCCCC1. The molecule has 0 radical (unpaired) electrons. The number of allylic oxidation sites excluding steroid dienone is 1. The lowest BCUT2D eigenvalue weighted by atomic mass is 9.88. The van der Waals surface area contributed by atoms with Crippen LogP contribution in [0.3, 0.4) is 0 Å². The van der Waals surface area contributed by atoms with Crippen molar-refractivity contribution in [2.24, 2.45) is 5.92 Å². The first-order chi connectivity index (χ1) is 8.11. The van der Waals surface area contributed by atoms with Crippen molar-refractivity contribution in [3.8, 4) is 0 Å². The highest BCUT2D eigenvalue weighted by molar-refractivity contribution is 7.48. The van der Waals surface area contributed by atoms with Crippen molar-refractivity contribution in [1.29, 1.82) is 0 Å². The summed E-state index contributed by atoms with van der Waals surface area (Å²) >= 11 is 0. The Kier molecular flexibility index (Phi) is 6.24. The van der Waals surface area contributed by atoms with Crippen LogP contribution in [0.25, 0.3) is 0 Å². The van der Waals surface area contributed by atoms with Crippen LogP contribution < -0.4 is 0 Å². The molecule has 1 aliphatic rings. The molecule has 1 fully saturated rings. The van der Waals surface area contributed by atoms with Gasteiger partial charge in [0.15, 0.2) is 0 Å². The second-order valence-electron chi connectivity index (χ2n) is 4.18. The number of hydrogen-bond donors (Lipinski definition) is 0. The topological polar surface area (TPSA) is 44.8 Å². The lowest BCUT2D eigenvalue weighted by Crippen LogP contribution is -2.11. The second-order valence-corrected chi connectivity index (χ2v) is 5.77. The molecule has 0 aliphatic heterocycles. The average Bonchev–Trinajstić information content (AvgIpc) is 2.30. The van der Waals surface area contributed by atoms with E-state index in [0.29, 0.717) is 19.0 Å². The Balaban J connectivity index is 2.53. The molecule has 1 saturated carbocycles. The molecule has 4 nitrogen and oxygen atoms in total. The van der Waals surface area contributed by atoms with Gasteiger partial charge in [-0.25, -0.2) is 4.57 Å². The molecule has 0 bridgehead atoms. The summed E-state index contributed by atoms with van der Waals surface area (Å²) in [5.41, 5.74) is 0. The monoisotopic (exact) mass is 262 g/mol. The predicted molar refractivity (Wildman–Crippen MR) is 67.7 cm³/mol. The van der Waals surface area contributed by atoms with Crippen LogP contribution in [0.1, 0.15) is 46.0 Å². The Bertz CT molecular complexity index is 274. The second kappa shape index (κ2) is 7.20. The number of rotatable bonds is 7. The lowest BCUT2D eigenvalue weighted by molar-refractivity contribution is 0.133. The third kappa shape index (κ3) is 4.82. The Morgan fingerprint density at radius 3 is 2.18 bits per heavy atom.